The zero-order valence-corrected chi connectivity index (χ0v) is 18.2. The van der Waals surface area contributed by atoms with E-state index in [-0.39, 0.29) is 11.9 Å². The first-order valence-corrected chi connectivity index (χ1v) is 10.8. The predicted molar refractivity (Wildman–Crippen MR) is 112 cm³/mol. The molecule has 0 spiro atoms. The number of hydrogen-bond acceptors (Lipinski definition) is 8. The third-order valence-electron chi connectivity index (χ3n) is 5.86. The van der Waals surface area contributed by atoms with Gasteiger partial charge in [0.2, 0.25) is 5.91 Å². The van der Waals surface area contributed by atoms with Crippen molar-refractivity contribution in [2.75, 3.05) is 46.6 Å². The van der Waals surface area contributed by atoms with Crippen LogP contribution in [0.25, 0.3) is 0 Å². The lowest BCUT2D eigenvalue weighted by Gasteiger charge is -2.27. The lowest BCUT2D eigenvalue weighted by molar-refractivity contribution is -0.132. The van der Waals surface area contributed by atoms with Crippen LogP contribution in [0, 0.1) is 0 Å². The van der Waals surface area contributed by atoms with E-state index in [4.69, 9.17) is 14.2 Å². The number of nitrogens with zero attached hydrogens (tertiary/aromatic N) is 6. The Hall–Kier alpha value is -2.72. The van der Waals surface area contributed by atoms with Gasteiger partial charge in [-0.1, -0.05) is 6.07 Å². The number of hydrogen-bond donors (Lipinski definition) is 0. The monoisotopic (exact) mass is 430 g/mol. The zero-order chi connectivity index (χ0) is 21.6. The number of tetrazole rings is 1. The van der Waals surface area contributed by atoms with Gasteiger partial charge in [-0.15, -0.1) is 5.10 Å². The average molecular weight is 431 g/mol. The van der Waals surface area contributed by atoms with Gasteiger partial charge in [0.25, 0.3) is 0 Å². The molecule has 3 heterocycles. The number of aromatic nitrogens is 4. The molecule has 1 saturated heterocycles. The van der Waals surface area contributed by atoms with Crippen molar-refractivity contribution in [3.63, 3.8) is 0 Å². The van der Waals surface area contributed by atoms with E-state index >= 15 is 0 Å². The molecular formula is C21H30N6O4. The Bertz CT molecular complexity index is 883. The van der Waals surface area contributed by atoms with Crippen molar-refractivity contribution < 1.29 is 19.0 Å². The normalized spacial score (nSPS) is 17.4. The molecule has 1 fully saturated rings. The molecule has 1 amide bonds. The Morgan fingerprint density at radius 3 is 2.74 bits per heavy atom. The molecule has 2 aliphatic heterocycles. The van der Waals surface area contributed by atoms with E-state index in [1.165, 1.54) is 0 Å². The van der Waals surface area contributed by atoms with E-state index < -0.39 is 0 Å². The van der Waals surface area contributed by atoms with Gasteiger partial charge in [0.15, 0.2) is 17.3 Å². The van der Waals surface area contributed by atoms with E-state index in [1.807, 2.05) is 32.2 Å². The second kappa shape index (κ2) is 10.1. The van der Waals surface area contributed by atoms with Crippen LogP contribution in [0.2, 0.25) is 0 Å². The van der Waals surface area contributed by atoms with Gasteiger partial charge < -0.3 is 19.1 Å². The van der Waals surface area contributed by atoms with Gasteiger partial charge in [-0.05, 0) is 41.5 Å². The smallest absolute Gasteiger partial charge is 0.222 e. The molecule has 2 aromatic rings. The number of morpholine rings is 1. The van der Waals surface area contributed by atoms with Gasteiger partial charge in [-0.2, -0.15) is 0 Å². The third kappa shape index (κ3) is 5.31. The SMILES string of the molecule is CC(c1ccc2c(c1)OCCO2)N(C)C(=O)CCCn1nnnc1CN1CCOCC1. The Morgan fingerprint density at radius 1 is 1.16 bits per heavy atom. The minimum absolute atomic E-state index is 0.0618. The molecule has 0 saturated carbocycles. The molecule has 10 heteroatoms. The number of benzene rings is 1. The molecule has 1 aromatic carbocycles. The van der Waals surface area contributed by atoms with Gasteiger partial charge >= 0.3 is 0 Å². The molecule has 168 valence electrons. The Labute approximate surface area is 182 Å². The number of ether oxygens (including phenoxy) is 3. The quantitative estimate of drug-likeness (QED) is 0.618. The minimum atomic E-state index is -0.0618. The molecule has 2 aliphatic rings. The van der Waals surface area contributed by atoms with Crippen LogP contribution in [0.5, 0.6) is 11.5 Å². The summed E-state index contributed by atoms with van der Waals surface area (Å²) in [5, 5.41) is 12.1. The number of rotatable bonds is 8. The first kappa shape index (κ1) is 21.5. The molecule has 10 nitrogen and oxygen atoms in total. The Morgan fingerprint density at radius 2 is 1.94 bits per heavy atom. The molecule has 1 aromatic heterocycles. The molecule has 0 radical (unpaired) electrons. The minimum Gasteiger partial charge on any atom is -0.486 e. The van der Waals surface area contributed by atoms with Crippen molar-refractivity contribution >= 4 is 5.91 Å². The van der Waals surface area contributed by atoms with E-state index in [0.717, 1.165) is 49.2 Å². The van der Waals surface area contributed by atoms with Crippen molar-refractivity contribution in [2.24, 2.45) is 0 Å². The highest BCUT2D eigenvalue weighted by Crippen LogP contribution is 2.33. The molecule has 1 unspecified atom stereocenters. The number of aryl methyl sites for hydroxylation is 1. The summed E-state index contributed by atoms with van der Waals surface area (Å²) in [6.07, 6.45) is 1.11. The number of amides is 1. The van der Waals surface area contributed by atoms with Crippen LogP contribution in [0.3, 0.4) is 0 Å². The summed E-state index contributed by atoms with van der Waals surface area (Å²) in [6.45, 7) is 7.69. The number of fused-ring (bicyclic) bond motifs is 1. The second-order valence-corrected chi connectivity index (χ2v) is 7.89. The van der Waals surface area contributed by atoms with Crippen molar-refractivity contribution in [1.82, 2.24) is 30.0 Å². The summed E-state index contributed by atoms with van der Waals surface area (Å²) in [6, 6.07) is 5.79. The summed E-state index contributed by atoms with van der Waals surface area (Å²) in [5.74, 6) is 2.41. The highest BCUT2D eigenvalue weighted by molar-refractivity contribution is 5.76. The van der Waals surface area contributed by atoms with Crippen LogP contribution in [0.15, 0.2) is 18.2 Å². The second-order valence-electron chi connectivity index (χ2n) is 7.89. The predicted octanol–water partition coefficient (Wildman–Crippen LogP) is 1.28. The fourth-order valence-electron chi connectivity index (χ4n) is 3.79. The lowest BCUT2D eigenvalue weighted by atomic mass is 10.1. The van der Waals surface area contributed by atoms with E-state index in [1.54, 1.807) is 9.58 Å². The fraction of sp³-hybridized carbons (Fsp3) is 0.619. The molecular weight excluding hydrogens is 400 g/mol. The highest BCUT2D eigenvalue weighted by Gasteiger charge is 2.21. The fourth-order valence-corrected chi connectivity index (χ4v) is 3.79. The summed E-state index contributed by atoms with van der Waals surface area (Å²) < 4.78 is 18.4. The van der Waals surface area contributed by atoms with Crippen LogP contribution in [-0.4, -0.2) is 82.5 Å². The lowest BCUT2D eigenvalue weighted by Crippen LogP contribution is -2.36. The molecule has 0 bridgehead atoms. The summed E-state index contributed by atoms with van der Waals surface area (Å²) in [7, 11) is 1.84. The average Bonchev–Trinajstić information content (AvgIpc) is 3.25. The topological polar surface area (TPSA) is 94.8 Å². The van der Waals surface area contributed by atoms with E-state index in [9.17, 15) is 4.79 Å². The summed E-state index contributed by atoms with van der Waals surface area (Å²) in [4.78, 5) is 16.8. The Kier molecular flexibility index (Phi) is 6.98. The van der Waals surface area contributed by atoms with Gasteiger partial charge in [-0.25, -0.2) is 4.68 Å². The van der Waals surface area contributed by atoms with Crippen molar-refractivity contribution in [3.8, 4) is 11.5 Å². The molecule has 31 heavy (non-hydrogen) atoms. The van der Waals surface area contributed by atoms with Crippen LogP contribution in [0.1, 0.15) is 37.2 Å². The molecule has 1 atom stereocenters. The van der Waals surface area contributed by atoms with Crippen molar-refractivity contribution in [1.29, 1.82) is 0 Å². The van der Waals surface area contributed by atoms with Crippen molar-refractivity contribution in [2.45, 2.75) is 38.9 Å². The zero-order valence-electron chi connectivity index (χ0n) is 18.2. The van der Waals surface area contributed by atoms with Gasteiger partial charge in [0, 0.05) is 33.1 Å². The number of carbonyl (C=O) groups is 1. The summed E-state index contributed by atoms with van der Waals surface area (Å²) in [5.41, 5.74) is 1.02. The van der Waals surface area contributed by atoms with Crippen LogP contribution >= 0.6 is 0 Å². The van der Waals surface area contributed by atoms with Crippen molar-refractivity contribution in [3.05, 3.63) is 29.6 Å². The third-order valence-corrected chi connectivity index (χ3v) is 5.86. The maximum atomic E-state index is 12.8. The first-order chi connectivity index (χ1) is 15.1. The maximum Gasteiger partial charge on any atom is 0.222 e. The van der Waals surface area contributed by atoms with E-state index in [0.29, 0.717) is 39.1 Å². The standard InChI is InChI=1S/C21H30N6O4/c1-16(17-5-6-18-19(14-17)31-13-12-30-18)25(2)21(28)4-3-7-27-20(22-23-24-27)15-26-8-10-29-11-9-26/h5-6,14,16H,3-4,7-13,15H2,1-2H3. The van der Waals surface area contributed by atoms with Crippen LogP contribution < -0.4 is 9.47 Å². The summed E-state index contributed by atoms with van der Waals surface area (Å²) >= 11 is 0. The maximum absolute atomic E-state index is 12.8. The van der Waals surface area contributed by atoms with Gasteiger partial charge in [0.05, 0.1) is 25.8 Å². The first-order valence-electron chi connectivity index (χ1n) is 10.8. The van der Waals surface area contributed by atoms with Crippen LogP contribution in [-0.2, 0) is 22.6 Å². The van der Waals surface area contributed by atoms with E-state index in [2.05, 4.69) is 20.4 Å². The number of carbonyl (C=O) groups excluding carboxylic acids is 1. The van der Waals surface area contributed by atoms with Gasteiger partial charge in [0.1, 0.15) is 13.2 Å². The highest BCUT2D eigenvalue weighted by atomic mass is 16.6. The molecule has 4 rings (SSSR count). The molecule has 0 aliphatic carbocycles. The molecule has 0 N–H and O–H groups in total. The largest absolute Gasteiger partial charge is 0.486 e. The Balaban J connectivity index is 1.27. The van der Waals surface area contributed by atoms with Gasteiger partial charge in [-0.3, -0.25) is 9.69 Å². The van der Waals surface area contributed by atoms with Crippen LogP contribution in [0.4, 0.5) is 0 Å².